The predicted octanol–water partition coefficient (Wildman–Crippen LogP) is 4.79. The first-order valence-electron chi connectivity index (χ1n) is 11.2. The molecule has 0 radical (unpaired) electrons. The van der Waals surface area contributed by atoms with Crippen molar-refractivity contribution in [2.45, 2.75) is 69.6 Å². The average Bonchev–Trinajstić information content (AvgIpc) is 3.40. The number of halogens is 2. The maximum absolute atomic E-state index is 14.3. The quantitative estimate of drug-likeness (QED) is 0.377. The highest BCUT2D eigenvalue weighted by molar-refractivity contribution is 5.84. The number of nitrogens with zero attached hydrogens (tertiary/aromatic N) is 2. The van der Waals surface area contributed by atoms with Crippen LogP contribution >= 0.6 is 0 Å². The Hall–Kier alpha value is -2.94. The van der Waals surface area contributed by atoms with Crippen molar-refractivity contribution in [1.29, 1.82) is 5.41 Å². The van der Waals surface area contributed by atoms with E-state index in [1.807, 2.05) is 4.57 Å². The zero-order valence-electron chi connectivity index (χ0n) is 18.0. The van der Waals surface area contributed by atoms with Crippen LogP contribution in [0, 0.1) is 17.0 Å². The van der Waals surface area contributed by atoms with Gasteiger partial charge in [-0.3, -0.25) is 4.57 Å². The lowest BCUT2D eigenvalue weighted by Gasteiger charge is -2.28. The Morgan fingerprint density at radius 1 is 1.12 bits per heavy atom. The normalized spacial score (nSPS) is 21.3. The summed E-state index contributed by atoms with van der Waals surface area (Å²) in [5.41, 5.74) is 0.0932. The van der Waals surface area contributed by atoms with Crippen molar-refractivity contribution in [2.75, 3.05) is 10.6 Å². The van der Waals surface area contributed by atoms with E-state index in [0.717, 1.165) is 57.6 Å². The predicted molar refractivity (Wildman–Crippen MR) is 121 cm³/mol. The number of anilines is 3. The lowest BCUT2D eigenvalue weighted by molar-refractivity contribution is 0.119. The van der Waals surface area contributed by atoms with Gasteiger partial charge in [0.25, 0.3) is 0 Å². The minimum atomic E-state index is -0.706. The Labute approximate surface area is 186 Å². The summed E-state index contributed by atoms with van der Waals surface area (Å²) in [6, 6.07) is 3.99. The summed E-state index contributed by atoms with van der Waals surface area (Å²) in [5.74, 6) is 0.0112. The molecule has 1 aromatic heterocycles. The second-order valence-corrected chi connectivity index (χ2v) is 8.60. The smallest absolute Gasteiger partial charge is 0.210 e. The van der Waals surface area contributed by atoms with Crippen LogP contribution in [0.15, 0.2) is 30.6 Å². The van der Waals surface area contributed by atoms with Gasteiger partial charge in [0.1, 0.15) is 28.8 Å². The van der Waals surface area contributed by atoms with Gasteiger partial charge in [-0.1, -0.05) is 25.5 Å². The standard InChI is InChI=1S/C23H30F2N6O/c1-14(27-15-9-11-17(32)12-10-15)28-22-20(13-26)29-23(31(22)16-5-2-3-6-16)30-21-18(24)7-4-8-19(21)25/h4,7-8,13,15-17,26-28,32H,1-3,5-6,9-12H2,(H,29,30). The number of imidazole rings is 1. The van der Waals surface area contributed by atoms with Crippen LogP contribution in [0.5, 0.6) is 0 Å². The molecule has 2 aromatic rings. The molecule has 1 heterocycles. The Morgan fingerprint density at radius 3 is 2.41 bits per heavy atom. The summed E-state index contributed by atoms with van der Waals surface area (Å²) >= 11 is 0. The van der Waals surface area contributed by atoms with Crippen LogP contribution in [-0.4, -0.2) is 33.0 Å². The molecule has 4 rings (SSSR count). The minimum Gasteiger partial charge on any atom is -0.393 e. The molecule has 2 saturated carbocycles. The highest BCUT2D eigenvalue weighted by atomic mass is 19.1. The van der Waals surface area contributed by atoms with E-state index >= 15 is 0 Å². The monoisotopic (exact) mass is 444 g/mol. The lowest BCUT2D eigenvalue weighted by atomic mass is 9.93. The number of nitrogens with one attached hydrogen (secondary N) is 4. The number of aliphatic hydroxyl groups excluding tert-OH is 1. The number of hydrogen-bond donors (Lipinski definition) is 5. The molecular weight excluding hydrogens is 414 g/mol. The van der Waals surface area contributed by atoms with Crippen molar-refractivity contribution >= 4 is 23.7 Å². The van der Waals surface area contributed by atoms with Gasteiger partial charge in [0.2, 0.25) is 5.95 Å². The number of hydrogen-bond acceptors (Lipinski definition) is 6. The number of aliphatic hydroxyl groups is 1. The van der Waals surface area contributed by atoms with Crippen molar-refractivity contribution in [3.8, 4) is 0 Å². The van der Waals surface area contributed by atoms with Crippen LogP contribution in [0.3, 0.4) is 0 Å². The van der Waals surface area contributed by atoms with Gasteiger partial charge in [-0.15, -0.1) is 0 Å². The number of aromatic nitrogens is 2. The molecule has 0 atom stereocenters. The molecule has 0 spiro atoms. The third-order valence-electron chi connectivity index (χ3n) is 6.31. The van der Waals surface area contributed by atoms with Gasteiger partial charge >= 0.3 is 0 Å². The van der Waals surface area contributed by atoms with Crippen molar-refractivity contribution < 1.29 is 13.9 Å². The Bertz CT molecular complexity index is 957. The molecule has 7 nitrogen and oxygen atoms in total. The van der Waals surface area contributed by atoms with Crippen LogP contribution in [0.4, 0.5) is 26.2 Å². The lowest BCUT2D eigenvalue weighted by Crippen LogP contribution is -2.36. The summed E-state index contributed by atoms with van der Waals surface area (Å²) in [4.78, 5) is 4.47. The third-order valence-corrected chi connectivity index (χ3v) is 6.31. The molecule has 2 aliphatic carbocycles. The zero-order valence-corrected chi connectivity index (χ0v) is 18.0. The maximum Gasteiger partial charge on any atom is 0.210 e. The van der Waals surface area contributed by atoms with Crippen LogP contribution in [0.1, 0.15) is 63.1 Å². The first-order valence-corrected chi connectivity index (χ1v) is 11.2. The highest BCUT2D eigenvalue weighted by Crippen LogP contribution is 2.38. The summed E-state index contributed by atoms with van der Waals surface area (Å²) in [7, 11) is 0. The summed E-state index contributed by atoms with van der Waals surface area (Å²) in [6.45, 7) is 4.09. The molecule has 0 aliphatic heterocycles. The molecule has 172 valence electrons. The van der Waals surface area contributed by atoms with Crippen LogP contribution < -0.4 is 16.0 Å². The fraction of sp³-hybridized carbons (Fsp3) is 0.478. The second-order valence-electron chi connectivity index (χ2n) is 8.60. The molecule has 0 bridgehead atoms. The van der Waals surface area contributed by atoms with Gasteiger partial charge in [-0.2, -0.15) is 0 Å². The summed E-state index contributed by atoms with van der Waals surface area (Å²) in [6.07, 6.45) is 8.02. The third kappa shape index (κ3) is 4.77. The van der Waals surface area contributed by atoms with E-state index in [2.05, 4.69) is 27.5 Å². The number of rotatable bonds is 8. The van der Waals surface area contributed by atoms with Gasteiger partial charge in [-0.05, 0) is 50.7 Å². The molecule has 0 saturated heterocycles. The van der Waals surface area contributed by atoms with Crippen molar-refractivity contribution in [2.24, 2.45) is 0 Å². The van der Waals surface area contributed by atoms with Crippen LogP contribution in [-0.2, 0) is 0 Å². The van der Waals surface area contributed by atoms with Gasteiger partial charge in [0.05, 0.1) is 11.9 Å². The van der Waals surface area contributed by atoms with E-state index in [9.17, 15) is 13.9 Å². The Balaban J connectivity index is 1.62. The SMILES string of the molecule is C=C(Nc1c(C=N)nc(Nc2c(F)cccc2F)n1C1CCCC1)NC1CCC(O)CC1. The van der Waals surface area contributed by atoms with E-state index in [4.69, 9.17) is 5.41 Å². The first kappa shape index (κ1) is 22.3. The molecule has 5 N–H and O–H groups in total. The maximum atomic E-state index is 14.3. The Kier molecular flexibility index (Phi) is 6.74. The largest absolute Gasteiger partial charge is 0.393 e. The zero-order chi connectivity index (χ0) is 22.7. The molecule has 1 aromatic carbocycles. The molecular formula is C23H30F2N6O. The van der Waals surface area contributed by atoms with Crippen LogP contribution in [0.25, 0.3) is 0 Å². The minimum absolute atomic E-state index is 0.0914. The van der Waals surface area contributed by atoms with E-state index in [1.54, 1.807) is 0 Å². The van der Waals surface area contributed by atoms with Gasteiger partial charge in [-0.25, -0.2) is 13.8 Å². The van der Waals surface area contributed by atoms with Crippen molar-refractivity contribution in [3.63, 3.8) is 0 Å². The van der Waals surface area contributed by atoms with E-state index in [1.165, 1.54) is 18.2 Å². The number of benzene rings is 1. The first-order chi connectivity index (χ1) is 15.5. The Morgan fingerprint density at radius 2 is 1.78 bits per heavy atom. The van der Waals surface area contributed by atoms with Crippen molar-refractivity contribution in [1.82, 2.24) is 14.9 Å². The highest BCUT2D eigenvalue weighted by Gasteiger charge is 2.27. The summed E-state index contributed by atoms with van der Waals surface area (Å²) < 4.78 is 30.5. The molecule has 9 heteroatoms. The molecule has 0 amide bonds. The molecule has 2 aliphatic rings. The fourth-order valence-electron chi connectivity index (χ4n) is 4.66. The van der Waals surface area contributed by atoms with Gasteiger partial charge in [0.15, 0.2) is 0 Å². The average molecular weight is 445 g/mol. The second kappa shape index (κ2) is 9.68. The van der Waals surface area contributed by atoms with Crippen LogP contribution in [0.2, 0.25) is 0 Å². The van der Waals surface area contributed by atoms with E-state index < -0.39 is 11.6 Å². The fourth-order valence-corrected chi connectivity index (χ4v) is 4.66. The molecule has 2 fully saturated rings. The van der Waals surface area contributed by atoms with Gasteiger partial charge < -0.3 is 26.5 Å². The van der Waals surface area contributed by atoms with Crippen molar-refractivity contribution in [3.05, 3.63) is 47.9 Å². The van der Waals surface area contributed by atoms with E-state index in [-0.39, 0.29) is 29.8 Å². The topological polar surface area (TPSA) is 98.0 Å². The molecule has 32 heavy (non-hydrogen) atoms. The van der Waals surface area contributed by atoms with E-state index in [0.29, 0.717) is 17.3 Å². The van der Waals surface area contributed by atoms with Gasteiger partial charge in [0, 0.05) is 18.3 Å². The summed E-state index contributed by atoms with van der Waals surface area (Å²) in [5, 5.41) is 27.0. The number of para-hydroxylation sites is 1. The molecule has 0 unspecified atom stereocenters.